The van der Waals surface area contributed by atoms with Gasteiger partial charge in [0.1, 0.15) is 24.7 Å². The molecule has 0 aliphatic carbocycles. The quantitative estimate of drug-likeness (QED) is 0.346. The zero-order chi connectivity index (χ0) is 19.9. The van der Waals surface area contributed by atoms with Gasteiger partial charge in [-0.15, -0.1) is 0 Å². The summed E-state index contributed by atoms with van der Waals surface area (Å²) in [6.07, 6.45) is 0. The highest BCUT2D eigenvalue weighted by atomic mass is 35.5. The van der Waals surface area contributed by atoms with E-state index in [1.165, 1.54) is 12.1 Å². The largest absolute Gasteiger partial charge is 0.490 e. The molecular weight excluding hydrogens is 421 g/mol. The number of anilines is 1. The molecule has 0 saturated carbocycles. The van der Waals surface area contributed by atoms with Crippen molar-refractivity contribution in [3.05, 3.63) is 87.4 Å². The van der Waals surface area contributed by atoms with E-state index in [9.17, 15) is 4.79 Å². The molecule has 0 aliphatic rings. The normalized spacial score (nSPS) is 10.4. The van der Waals surface area contributed by atoms with E-state index in [0.717, 1.165) is 5.75 Å². The van der Waals surface area contributed by atoms with E-state index < -0.39 is 0 Å². The number of halogens is 3. The van der Waals surface area contributed by atoms with Gasteiger partial charge >= 0.3 is 0 Å². The maximum Gasteiger partial charge on any atom is 0.255 e. The number of para-hydroxylation sites is 1. The van der Waals surface area contributed by atoms with Crippen LogP contribution in [-0.4, -0.2) is 19.1 Å². The molecular formula is C21H16Cl3NO3. The average Bonchev–Trinajstić information content (AvgIpc) is 2.70. The standard InChI is InChI=1S/C21H16Cl3NO3/c22-17-12-19(24)20(13-18(17)23)25-21(26)14-6-8-16(9-7-14)28-11-10-27-15-4-2-1-3-5-15/h1-9,12-13H,10-11H2,(H,25,26). The van der Waals surface area contributed by atoms with E-state index >= 15 is 0 Å². The fourth-order valence-electron chi connectivity index (χ4n) is 2.35. The highest BCUT2D eigenvalue weighted by Crippen LogP contribution is 2.32. The van der Waals surface area contributed by atoms with Gasteiger partial charge in [-0.1, -0.05) is 53.0 Å². The number of benzene rings is 3. The SMILES string of the molecule is O=C(Nc1cc(Cl)c(Cl)cc1Cl)c1ccc(OCCOc2ccccc2)cc1. The summed E-state index contributed by atoms with van der Waals surface area (Å²) in [6.45, 7) is 0.807. The molecule has 1 N–H and O–H groups in total. The van der Waals surface area contributed by atoms with Crippen molar-refractivity contribution in [1.29, 1.82) is 0 Å². The van der Waals surface area contributed by atoms with Gasteiger partial charge in [-0.25, -0.2) is 0 Å². The van der Waals surface area contributed by atoms with Crippen molar-refractivity contribution >= 4 is 46.4 Å². The zero-order valence-corrected chi connectivity index (χ0v) is 16.9. The molecule has 0 spiro atoms. The molecule has 4 nitrogen and oxygen atoms in total. The van der Waals surface area contributed by atoms with Crippen molar-refractivity contribution in [2.24, 2.45) is 0 Å². The molecule has 0 heterocycles. The molecule has 0 aromatic heterocycles. The Bertz CT molecular complexity index is 947. The summed E-state index contributed by atoms with van der Waals surface area (Å²) in [5.41, 5.74) is 0.842. The molecule has 1 amide bonds. The molecule has 7 heteroatoms. The summed E-state index contributed by atoms with van der Waals surface area (Å²) in [7, 11) is 0. The Morgan fingerprint density at radius 3 is 1.96 bits per heavy atom. The molecule has 0 unspecified atom stereocenters. The lowest BCUT2D eigenvalue weighted by Crippen LogP contribution is -2.12. The van der Waals surface area contributed by atoms with Gasteiger partial charge < -0.3 is 14.8 Å². The Morgan fingerprint density at radius 1 is 0.750 bits per heavy atom. The van der Waals surface area contributed by atoms with Gasteiger partial charge in [-0.3, -0.25) is 4.79 Å². The summed E-state index contributed by atoms with van der Waals surface area (Å²) >= 11 is 17.9. The predicted molar refractivity (Wildman–Crippen MR) is 113 cm³/mol. The van der Waals surface area contributed by atoms with Crippen LogP contribution in [0.5, 0.6) is 11.5 Å². The van der Waals surface area contributed by atoms with E-state index in [1.807, 2.05) is 30.3 Å². The Labute approximate surface area is 177 Å². The smallest absolute Gasteiger partial charge is 0.255 e. The van der Waals surface area contributed by atoms with Crippen LogP contribution in [0.15, 0.2) is 66.7 Å². The number of ether oxygens (including phenoxy) is 2. The van der Waals surface area contributed by atoms with Crippen LogP contribution in [0.25, 0.3) is 0 Å². The van der Waals surface area contributed by atoms with Gasteiger partial charge in [-0.05, 0) is 48.5 Å². The second-order valence-corrected chi connectivity index (χ2v) is 6.96. The molecule has 3 aromatic rings. The Hall–Kier alpha value is -2.40. The van der Waals surface area contributed by atoms with Crippen LogP contribution in [0.3, 0.4) is 0 Å². The monoisotopic (exact) mass is 435 g/mol. The van der Waals surface area contributed by atoms with Crippen molar-refractivity contribution in [3.63, 3.8) is 0 Å². The second-order valence-electron chi connectivity index (χ2n) is 5.73. The van der Waals surface area contributed by atoms with Crippen LogP contribution >= 0.6 is 34.8 Å². The van der Waals surface area contributed by atoms with E-state index in [4.69, 9.17) is 44.3 Å². The highest BCUT2D eigenvalue weighted by molar-refractivity contribution is 6.44. The van der Waals surface area contributed by atoms with Crippen molar-refractivity contribution < 1.29 is 14.3 Å². The van der Waals surface area contributed by atoms with E-state index in [2.05, 4.69) is 5.32 Å². The molecule has 3 rings (SSSR count). The van der Waals surface area contributed by atoms with Crippen LogP contribution < -0.4 is 14.8 Å². The minimum atomic E-state index is -0.320. The number of hydrogen-bond donors (Lipinski definition) is 1. The minimum Gasteiger partial charge on any atom is -0.490 e. The molecule has 0 bridgehead atoms. The number of rotatable bonds is 7. The highest BCUT2D eigenvalue weighted by Gasteiger charge is 2.11. The van der Waals surface area contributed by atoms with E-state index in [0.29, 0.717) is 45.3 Å². The maximum absolute atomic E-state index is 12.4. The van der Waals surface area contributed by atoms with E-state index in [-0.39, 0.29) is 5.91 Å². The second kappa shape index (κ2) is 9.69. The van der Waals surface area contributed by atoms with Crippen molar-refractivity contribution in [1.82, 2.24) is 0 Å². The van der Waals surface area contributed by atoms with Crippen molar-refractivity contribution in [2.75, 3.05) is 18.5 Å². The molecule has 0 aliphatic heterocycles. The molecule has 0 saturated heterocycles. The van der Waals surface area contributed by atoms with Gasteiger partial charge in [0.15, 0.2) is 0 Å². The molecule has 0 atom stereocenters. The fourth-order valence-corrected chi connectivity index (χ4v) is 2.95. The van der Waals surface area contributed by atoms with Crippen LogP contribution in [0.2, 0.25) is 15.1 Å². The van der Waals surface area contributed by atoms with E-state index in [1.54, 1.807) is 24.3 Å². The molecule has 0 fully saturated rings. The lowest BCUT2D eigenvalue weighted by molar-refractivity contribution is 0.102. The van der Waals surface area contributed by atoms with Crippen LogP contribution in [0.1, 0.15) is 10.4 Å². The number of nitrogens with one attached hydrogen (secondary N) is 1. The first-order valence-corrected chi connectivity index (χ1v) is 9.53. The van der Waals surface area contributed by atoms with Crippen LogP contribution in [0.4, 0.5) is 5.69 Å². The zero-order valence-electron chi connectivity index (χ0n) is 14.6. The summed E-state index contributed by atoms with van der Waals surface area (Å²) in [5, 5.41) is 3.65. The summed E-state index contributed by atoms with van der Waals surface area (Å²) in [4.78, 5) is 12.4. The number of hydrogen-bond acceptors (Lipinski definition) is 3. The third-order valence-corrected chi connectivity index (χ3v) is 4.77. The summed E-state index contributed by atoms with van der Waals surface area (Å²) in [6, 6.07) is 19.3. The number of carbonyl (C=O) groups excluding carboxylic acids is 1. The first-order valence-electron chi connectivity index (χ1n) is 8.39. The maximum atomic E-state index is 12.4. The minimum absolute atomic E-state index is 0.307. The molecule has 0 radical (unpaired) electrons. The number of carbonyl (C=O) groups is 1. The average molecular weight is 437 g/mol. The van der Waals surface area contributed by atoms with Gasteiger partial charge in [0.25, 0.3) is 5.91 Å². The van der Waals surface area contributed by atoms with Gasteiger partial charge in [0, 0.05) is 5.56 Å². The molecule has 28 heavy (non-hydrogen) atoms. The molecule has 3 aromatic carbocycles. The number of amides is 1. The fraction of sp³-hybridized carbons (Fsp3) is 0.0952. The summed E-state index contributed by atoms with van der Waals surface area (Å²) < 4.78 is 11.2. The third kappa shape index (κ3) is 5.55. The lowest BCUT2D eigenvalue weighted by atomic mass is 10.2. The third-order valence-electron chi connectivity index (χ3n) is 3.74. The predicted octanol–water partition coefficient (Wildman–Crippen LogP) is 6.36. The van der Waals surface area contributed by atoms with Crippen LogP contribution in [0, 0.1) is 0 Å². The van der Waals surface area contributed by atoms with Crippen molar-refractivity contribution in [3.8, 4) is 11.5 Å². The Morgan fingerprint density at radius 2 is 1.32 bits per heavy atom. The van der Waals surface area contributed by atoms with Gasteiger partial charge in [0.2, 0.25) is 0 Å². The van der Waals surface area contributed by atoms with Crippen molar-refractivity contribution in [2.45, 2.75) is 0 Å². The lowest BCUT2D eigenvalue weighted by Gasteiger charge is -2.10. The summed E-state index contributed by atoms with van der Waals surface area (Å²) in [5.74, 6) is 1.11. The van der Waals surface area contributed by atoms with Gasteiger partial charge in [0.05, 0.1) is 20.8 Å². The first kappa shape index (κ1) is 20.3. The Balaban J connectivity index is 1.52. The van der Waals surface area contributed by atoms with Crippen LogP contribution in [-0.2, 0) is 0 Å². The Kier molecular flexibility index (Phi) is 7.04. The van der Waals surface area contributed by atoms with Gasteiger partial charge in [-0.2, -0.15) is 0 Å². The first-order chi connectivity index (χ1) is 13.5. The molecule has 144 valence electrons. The topological polar surface area (TPSA) is 47.6 Å².